The summed E-state index contributed by atoms with van der Waals surface area (Å²) in [5, 5.41) is 0. The predicted octanol–water partition coefficient (Wildman–Crippen LogP) is 5.45. The standard InChI is InChI=1S/C29H29N3O3S/c1-3-32(27-13-5-4-6-14-27)36(34,35)28-17-15-25(16-18-28)29(33)31(21-24-11-9-19-30-20-24)22-26-12-8-7-10-23(26)2/h4-20H,3,21-22H2,1-2H3. The van der Waals surface area contributed by atoms with E-state index in [1.807, 2.05) is 49.4 Å². The van der Waals surface area contributed by atoms with E-state index in [1.165, 1.54) is 16.4 Å². The van der Waals surface area contributed by atoms with Gasteiger partial charge < -0.3 is 4.90 Å². The molecule has 184 valence electrons. The van der Waals surface area contributed by atoms with Gasteiger partial charge in [-0.3, -0.25) is 14.1 Å². The van der Waals surface area contributed by atoms with Crippen LogP contribution in [0.15, 0.2) is 108 Å². The lowest BCUT2D eigenvalue weighted by Crippen LogP contribution is -2.31. The minimum Gasteiger partial charge on any atom is -0.330 e. The summed E-state index contributed by atoms with van der Waals surface area (Å²) in [6.45, 7) is 4.93. The molecule has 0 fully saturated rings. The van der Waals surface area contributed by atoms with Crippen LogP contribution < -0.4 is 4.31 Å². The molecular formula is C29H29N3O3S. The Kier molecular flexibility index (Phi) is 7.80. The Balaban J connectivity index is 1.61. The van der Waals surface area contributed by atoms with Crippen LogP contribution in [-0.2, 0) is 23.1 Å². The maximum absolute atomic E-state index is 13.6. The SMILES string of the molecule is CCN(c1ccccc1)S(=O)(=O)c1ccc(C(=O)N(Cc2cccnc2)Cc2ccccc2C)cc1. The number of hydrogen-bond donors (Lipinski definition) is 0. The molecule has 3 aromatic carbocycles. The van der Waals surface area contributed by atoms with Gasteiger partial charge >= 0.3 is 0 Å². The third-order valence-corrected chi connectivity index (χ3v) is 7.94. The number of aryl methyl sites for hydroxylation is 1. The summed E-state index contributed by atoms with van der Waals surface area (Å²) in [6, 6.07) is 26.9. The van der Waals surface area contributed by atoms with E-state index in [2.05, 4.69) is 4.98 Å². The fourth-order valence-corrected chi connectivity index (χ4v) is 5.54. The van der Waals surface area contributed by atoms with Crippen molar-refractivity contribution in [3.8, 4) is 0 Å². The number of pyridine rings is 1. The number of carbonyl (C=O) groups is 1. The lowest BCUT2D eigenvalue weighted by atomic mass is 10.1. The van der Waals surface area contributed by atoms with Gasteiger partial charge in [0.05, 0.1) is 10.6 Å². The fourth-order valence-electron chi connectivity index (χ4n) is 4.07. The van der Waals surface area contributed by atoms with Crippen molar-refractivity contribution in [3.63, 3.8) is 0 Å². The van der Waals surface area contributed by atoms with Crippen molar-refractivity contribution in [1.82, 2.24) is 9.88 Å². The number of anilines is 1. The highest BCUT2D eigenvalue weighted by Crippen LogP contribution is 2.24. The van der Waals surface area contributed by atoms with E-state index in [1.54, 1.807) is 60.6 Å². The Morgan fingerprint density at radius 1 is 0.833 bits per heavy atom. The Morgan fingerprint density at radius 2 is 1.53 bits per heavy atom. The monoisotopic (exact) mass is 499 g/mol. The maximum Gasteiger partial charge on any atom is 0.264 e. The first kappa shape index (κ1) is 25.1. The van der Waals surface area contributed by atoms with Crippen molar-refractivity contribution in [1.29, 1.82) is 0 Å². The number of hydrogen-bond acceptors (Lipinski definition) is 4. The minimum absolute atomic E-state index is 0.141. The van der Waals surface area contributed by atoms with Gasteiger partial charge in [-0.15, -0.1) is 0 Å². The van der Waals surface area contributed by atoms with Crippen LogP contribution in [0.1, 0.15) is 34.0 Å². The van der Waals surface area contributed by atoms with Crippen molar-refractivity contribution < 1.29 is 13.2 Å². The molecule has 1 amide bonds. The molecule has 0 saturated heterocycles. The minimum atomic E-state index is -3.77. The number of nitrogens with zero attached hydrogens (tertiary/aromatic N) is 3. The molecule has 36 heavy (non-hydrogen) atoms. The number of carbonyl (C=O) groups excluding carboxylic acids is 1. The van der Waals surface area contributed by atoms with Gasteiger partial charge in [-0.2, -0.15) is 0 Å². The highest BCUT2D eigenvalue weighted by molar-refractivity contribution is 7.92. The van der Waals surface area contributed by atoms with E-state index in [-0.39, 0.29) is 10.8 Å². The molecule has 0 bridgehead atoms. The van der Waals surface area contributed by atoms with Gasteiger partial charge in [-0.1, -0.05) is 48.5 Å². The summed E-state index contributed by atoms with van der Waals surface area (Å²) in [5.74, 6) is -0.179. The second kappa shape index (κ2) is 11.2. The Labute approximate surface area is 212 Å². The third kappa shape index (κ3) is 5.63. The predicted molar refractivity (Wildman–Crippen MR) is 142 cm³/mol. The number of amides is 1. The second-order valence-electron chi connectivity index (χ2n) is 8.48. The molecule has 0 atom stereocenters. The first-order valence-corrected chi connectivity index (χ1v) is 13.2. The summed E-state index contributed by atoms with van der Waals surface area (Å²) < 4.78 is 28.0. The Morgan fingerprint density at radius 3 is 2.17 bits per heavy atom. The topological polar surface area (TPSA) is 70.6 Å². The van der Waals surface area contributed by atoms with Gasteiger partial charge in [0.25, 0.3) is 15.9 Å². The van der Waals surface area contributed by atoms with Crippen molar-refractivity contribution in [2.24, 2.45) is 0 Å². The van der Waals surface area contributed by atoms with Crippen LogP contribution in [0, 0.1) is 6.92 Å². The average Bonchev–Trinajstić information content (AvgIpc) is 2.91. The lowest BCUT2D eigenvalue weighted by Gasteiger charge is -2.25. The molecule has 7 heteroatoms. The molecule has 1 heterocycles. The van der Waals surface area contributed by atoms with Crippen LogP contribution in [0.3, 0.4) is 0 Å². The van der Waals surface area contributed by atoms with Crippen LogP contribution in [0.2, 0.25) is 0 Å². The highest BCUT2D eigenvalue weighted by atomic mass is 32.2. The molecule has 0 spiro atoms. The van der Waals surface area contributed by atoms with Gasteiger partial charge in [0.2, 0.25) is 0 Å². The summed E-state index contributed by atoms with van der Waals surface area (Å²) >= 11 is 0. The van der Waals surface area contributed by atoms with E-state index < -0.39 is 10.0 Å². The van der Waals surface area contributed by atoms with Gasteiger partial charge in [0, 0.05) is 37.6 Å². The molecule has 0 unspecified atom stereocenters. The van der Waals surface area contributed by atoms with Crippen LogP contribution in [0.4, 0.5) is 5.69 Å². The Hall–Kier alpha value is -3.97. The molecule has 1 aromatic heterocycles. The van der Waals surface area contributed by atoms with Gasteiger partial charge in [-0.05, 0) is 73.0 Å². The molecular weight excluding hydrogens is 470 g/mol. The number of sulfonamides is 1. The van der Waals surface area contributed by atoms with Crippen LogP contribution in [0.5, 0.6) is 0 Å². The summed E-state index contributed by atoms with van der Waals surface area (Å²) in [6.07, 6.45) is 3.45. The first-order valence-electron chi connectivity index (χ1n) is 11.8. The third-order valence-electron chi connectivity index (χ3n) is 6.03. The number of benzene rings is 3. The summed E-state index contributed by atoms with van der Waals surface area (Å²) in [7, 11) is -3.77. The normalized spacial score (nSPS) is 11.2. The largest absolute Gasteiger partial charge is 0.330 e. The number of aromatic nitrogens is 1. The summed E-state index contributed by atoms with van der Waals surface area (Å²) in [4.78, 5) is 19.7. The fraction of sp³-hybridized carbons (Fsp3) is 0.172. The second-order valence-corrected chi connectivity index (χ2v) is 10.3. The molecule has 4 aromatic rings. The van der Waals surface area contributed by atoms with E-state index in [4.69, 9.17) is 0 Å². The zero-order valence-electron chi connectivity index (χ0n) is 20.4. The van der Waals surface area contributed by atoms with E-state index in [9.17, 15) is 13.2 Å². The van der Waals surface area contributed by atoms with Crippen molar-refractivity contribution in [2.45, 2.75) is 31.8 Å². The number of para-hydroxylation sites is 1. The molecule has 6 nitrogen and oxygen atoms in total. The van der Waals surface area contributed by atoms with Gasteiger partial charge in [-0.25, -0.2) is 8.42 Å². The summed E-state index contributed by atoms with van der Waals surface area (Å²) in [5.41, 5.74) is 4.09. The highest BCUT2D eigenvalue weighted by Gasteiger charge is 2.24. The van der Waals surface area contributed by atoms with Gasteiger partial charge in [0.15, 0.2) is 0 Å². The van der Waals surface area contributed by atoms with E-state index in [0.717, 1.165) is 16.7 Å². The van der Waals surface area contributed by atoms with Gasteiger partial charge in [0.1, 0.15) is 0 Å². The molecule has 0 N–H and O–H groups in total. The van der Waals surface area contributed by atoms with Crippen LogP contribution in [0.25, 0.3) is 0 Å². The zero-order valence-corrected chi connectivity index (χ0v) is 21.2. The average molecular weight is 500 g/mol. The zero-order chi connectivity index (χ0) is 25.5. The number of rotatable bonds is 9. The van der Waals surface area contributed by atoms with Crippen molar-refractivity contribution in [2.75, 3.05) is 10.8 Å². The van der Waals surface area contributed by atoms with Crippen LogP contribution >= 0.6 is 0 Å². The van der Waals surface area contributed by atoms with Crippen molar-refractivity contribution >= 4 is 21.6 Å². The Bertz CT molecular complexity index is 1410. The maximum atomic E-state index is 13.6. The smallest absolute Gasteiger partial charge is 0.264 e. The van der Waals surface area contributed by atoms with E-state index >= 15 is 0 Å². The van der Waals surface area contributed by atoms with Crippen LogP contribution in [-0.4, -0.2) is 30.8 Å². The lowest BCUT2D eigenvalue weighted by molar-refractivity contribution is 0.0729. The molecule has 0 aliphatic heterocycles. The molecule has 0 aliphatic rings. The van der Waals surface area contributed by atoms with Crippen molar-refractivity contribution in [3.05, 3.63) is 126 Å². The first-order chi connectivity index (χ1) is 17.4. The molecule has 0 aliphatic carbocycles. The van der Waals surface area contributed by atoms with E-state index in [0.29, 0.717) is 30.9 Å². The molecule has 0 radical (unpaired) electrons. The molecule has 0 saturated carbocycles. The molecule has 4 rings (SSSR count). The quantitative estimate of drug-likeness (QED) is 0.307.